The van der Waals surface area contributed by atoms with Crippen LogP contribution in [0.25, 0.3) is 0 Å². The molecule has 1 aromatic carbocycles. The fraction of sp³-hybridized carbons (Fsp3) is 0.500. The zero-order valence-corrected chi connectivity index (χ0v) is 11.8. The van der Waals surface area contributed by atoms with Gasteiger partial charge in [0, 0.05) is 23.6 Å². The zero-order valence-electron chi connectivity index (χ0n) is 11.0. The molecule has 0 aromatic heterocycles. The molecule has 0 aliphatic carbocycles. The summed E-state index contributed by atoms with van der Waals surface area (Å²) >= 11 is 6.18. The van der Waals surface area contributed by atoms with Crippen molar-refractivity contribution in [2.45, 2.75) is 25.5 Å². The van der Waals surface area contributed by atoms with Crippen molar-refractivity contribution in [3.8, 4) is 0 Å². The van der Waals surface area contributed by atoms with E-state index in [1.807, 2.05) is 36.1 Å². The number of hydrogen-bond donors (Lipinski definition) is 1. The molecule has 1 aromatic rings. The number of carbonyl (C=O) groups excluding carboxylic acids is 1. The van der Waals surface area contributed by atoms with E-state index in [1.165, 1.54) is 0 Å². The number of rotatable bonds is 3. The summed E-state index contributed by atoms with van der Waals surface area (Å²) in [6, 6.07) is 7.67. The summed E-state index contributed by atoms with van der Waals surface area (Å²) in [7, 11) is 0. The van der Waals surface area contributed by atoms with Crippen molar-refractivity contribution in [2.24, 2.45) is 5.73 Å². The van der Waals surface area contributed by atoms with Crippen molar-refractivity contribution in [3.05, 3.63) is 34.9 Å². The SMILES string of the molecule is C[C@H]1CO[C@@H](c2ccccc2Cl)CN1C(=O)CCN. The summed E-state index contributed by atoms with van der Waals surface area (Å²) in [5, 5.41) is 0.674. The van der Waals surface area contributed by atoms with Gasteiger partial charge >= 0.3 is 0 Å². The number of halogens is 1. The summed E-state index contributed by atoms with van der Waals surface area (Å²) in [6.07, 6.45) is 0.214. The van der Waals surface area contributed by atoms with Crippen LogP contribution in [0, 0.1) is 0 Å². The highest BCUT2D eigenvalue weighted by Crippen LogP contribution is 2.30. The van der Waals surface area contributed by atoms with Crippen LogP contribution in [0.15, 0.2) is 24.3 Å². The number of carbonyl (C=O) groups is 1. The highest BCUT2D eigenvalue weighted by molar-refractivity contribution is 6.31. The van der Waals surface area contributed by atoms with Gasteiger partial charge in [0.25, 0.3) is 0 Å². The molecule has 104 valence electrons. The van der Waals surface area contributed by atoms with Gasteiger partial charge in [-0.15, -0.1) is 0 Å². The highest BCUT2D eigenvalue weighted by atomic mass is 35.5. The Kier molecular flexibility index (Phi) is 4.80. The standard InChI is InChI=1S/C14H19ClN2O2/c1-10-9-19-13(8-17(10)14(18)6-7-16)11-4-2-3-5-12(11)15/h2-5,10,13H,6-9,16H2,1H3/t10-,13+/m0/s1. The Bertz CT molecular complexity index is 453. The Labute approximate surface area is 118 Å². The lowest BCUT2D eigenvalue weighted by Gasteiger charge is -2.38. The second-order valence-corrected chi connectivity index (χ2v) is 5.18. The molecule has 1 amide bonds. The predicted octanol–water partition coefficient (Wildman–Crippen LogP) is 1.98. The largest absolute Gasteiger partial charge is 0.369 e. The maximum Gasteiger partial charge on any atom is 0.224 e. The molecule has 1 fully saturated rings. The molecule has 0 bridgehead atoms. The highest BCUT2D eigenvalue weighted by Gasteiger charge is 2.30. The minimum absolute atomic E-state index is 0.0790. The molecular formula is C14H19ClN2O2. The zero-order chi connectivity index (χ0) is 13.8. The van der Waals surface area contributed by atoms with Crippen LogP contribution in [0.5, 0.6) is 0 Å². The number of benzene rings is 1. The van der Waals surface area contributed by atoms with Crippen LogP contribution in [0.4, 0.5) is 0 Å². The molecule has 1 saturated heterocycles. The van der Waals surface area contributed by atoms with Crippen LogP contribution in [-0.4, -0.2) is 36.5 Å². The Morgan fingerprint density at radius 1 is 1.53 bits per heavy atom. The molecule has 0 unspecified atom stereocenters. The van der Waals surface area contributed by atoms with E-state index in [1.54, 1.807) is 0 Å². The van der Waals surface area contributed by atoms with E-state index >= 15 is 0 Å². The molecule has 1 aliphatic rings. The van der Waals surface area contributed by atoms with E-state index in [0.717, 1.165) is 5.56 Å². The minimum atomic E-state index is -0.161. The summed E-state index contributed by atoms with van der Waals surface area (Å²) in [6.45, 7) is 3.41. The van der Waals surface area contributed by atoms with Gasteiger partial charge in [0.1, 0.15) is 6.10 Å². The van der Waals surface area contributed by atoms with Gasteiger partial charge in [0.15, 0.2) is 0 Å². The van der Waals surface area contributed by atoms with Gasteiger partial charge in [-0.2, -0.15) is 0 Å². The summed E-state index contributed by atoms with van der Waals surface area (Å²) < 4.78 is 5.81. The van der Waals surface area contributed by atoms with Gasteiger partial charge in [-0.1, -0.05) is 29.8 Å². The third-order valence-corrected chi connectivity index (χ3v) is 3.71. The van der Waals surface area contributed by atoms with Crippen molar-refractivity contribution in [1.82, 2.24) is 4.90 Å². The molecular weight excluding hydrogens is 264 g/mol. The number of nitrogens with two attached hydrogens (primary N) is 1. The second kappa shape index (κ2) is 6.37. The smallest absolute Gasteiger partial charge is 0.224 e. The van der Waals surface area contributed by atoms with Gasteiger partial charge in [-0.05, 0) is 13.0 Å². The average molecular weight is 283 g/mol. The van der Waals surface area contributed by atoms with Crippen molar-refractivity contribution in [2.75, 3.05) is 19.7 Å². The van der Waals surface area contributed by atoms with Crippen molar-refractivity contribution in [1.29, 1.82) is 0 Å². The number of amides is 1. The number of morpholine rings is 1. The van der Waals surface area contributed by atoms with Crippen LogP contribution in [0.1, 0.15) is 25.0 Å². The summed E-state index contributed by atoms with van der Waals surface area (Å²) in [5.74, 6) is 0.0790. The number of hydrogen-bond acceptors (Lipinski definition) is 3. The Hall–Kier alpha value is -1.10. The molecule has 0 spiro atoms. The van der Waals surface area contributed by atoms with Gasteiger partial charge < -0.3 is 15.4 Å². The van der Waals surface area contributed by atoms with E-state index in [2.05, 4.69) is 0 Å². The van der Waals surface area contributed by atoms with E-state index in [4.69, 9.17) is 22.1 Å². The maximum atomic E-state index is 12.0. The maximum absolute atomic E-state index is 12.0. The molecule has 1 aliphatic heterocycles. The predicted molar refractivity (Wildman–Crippen MR) is 75.0 cm³/mol. The third-order valence-electron chi connectivity index (χ3n) is 3.36. The topological polar surface area (TPSA) is 55.6 Å². The molecule has 5 heteroatoms. The molecule has 0 radical (unpaired) electrons. The van der Waals surface area contributed by atoms with E-state index < -0.39 is 0 Å². The quantitative estimate of drug-likeness (QED) is 0.922. The van der Waals surface area contributed by atoms with Gasteiger partial charge in [0.05, 0.1) is 19.2 Å². The third kappa shape index (κ3) is 3.26. The first-order valence-corrected chi connectivity index (χ1v) is 6.87. The van der Waals surface area contributed by atoms with E-state index in [0.29, 0.717) is 31.1 Å². The Morgan fingerprint density at radius 2 is 2.26 bits per heavy atom. The lowest BCUT2D eigenvalue weighted by molar-refractivity contribution is -0.144. The monoisotopic (exact) mass is 282 g/mol. The fourth-order valence-electron chi connectivity index (χ4n) is 2.30. The Morgan fingerprint density at radius 3 is 2.95 bits per heavy atom. The molecule has 19 heavy (non-hydrogen) atoms. The normalized spacial score (nSPS) is 23.4. The second-order valence-electron chi connectivity index (χ2n) is 4.78. The molecule has 4 nitrogen and oxygen atoms in total. The molecule has 2 rings (SSSR count). The lowest BCUT2D eigenvalue weighted by atomic mass is 10.1. The van der Waals surface area contributed by atoms with Crippen LogP contribution in [0.3, 0.4) is 0 Å². The number of nitrogens with zero attached hydrogens (tertiary/aromatic N) is 1. The summed E-state index contributed by atoms with van der Waals surface area (Å²) in [4.78, 5) is 13.9. The first-order valence-electron chi connectivity index (χ1n) is 6.49. The van der Waals surface area contributed by atoms with Crippen molar-refractivity contribution >= 4 is 17.5 Å². The van der Waals surface area contributed by atoms with Crippen molar-refractivity contribution < 1.29 is 9.53 Å². The van der Waals surface area contributed by atoms with Crippen LogP contribution >= 0.6 is 11.6 Å². The summed E-state index contributed by atoms with van der Waals surface area (Å²) in [5.41, 5.74) is 6.38. The van der Waals surface area contributed by atoms with Crippen LogP contribution in [0.2, 0.25) is 5.02 Å². The van der Waals surface area contributed by atoms with Gasteiger partial charge in [-0.25, -0.2) is 0 Å². The fourth-order valence-corrected chi connectivity index (χ4v) is 2.55. The first kappa shape index (κ1) is 14.3. The average Bonchev–Trinajstić information content (AvgIpc) is 2.40. The lowest BCUT2D eigenvalue weighted by Crippen LogP contribution is -2.48. The van der Waals surface area contributed by atoms with Crippen LogP contribution in [-0.2, 0) is 9.53 Å². The van der Waals surface area contributed by atoms with E-state index in [-0.39, 0.29) is 18.1 Å². The van der Waals surface area contributed by atoms with Crippen molar-refractivity contribution in [3.63, 3.8) is 0 Å². The molecule has 1 heterocycles. The Balaban J connectivity index is 2.13. The van der Waals surface area contributed by atoms with E-state index in [9.17, 15) is 4.79 Å². The molecule has 2 atom stereocenters. The van der Waals surface area contributed by atoms with Gasteiger partial charge in [-0.3, -0.25) is 4.79 Å². The molecule has 0 saturated carbocycles. The molecule has 2 N–H and O–H groups in total. The number of ether oxygens (including phenoxy) is 1. The van der Waals surface area contributed by atoms with Gasteiger partial charge in [0.2, 0.25) is 5.91 Å². The minimum Gasteiger partial charge on any atom is -0.369 e. The van der Waals surface area contributed by atoms with Crippen LogP contribution < -0.4 is 5.73 Å². The first-order chi connectivity index (χ1) is 9.13.